The summed E-state index contributed by atoms with van der Waals surface area (Å²) in [6.07, 6.45) is 0. The summed E-state index contributed by atoms with van der Waals surface area (Å²) in [4.78, 5) is 2.63. The molecule has 2 heteroatoms. The molecule has 0 spiro atoms. The van der Waals surface area contributed by atoms with Crippen molar-refractivity contribution in [2.24, 2.45) is 0 Å². The van der Waals surface area contributed by atoms with Crippen molar-refractivity contribution in [2.45, 2.75) is 26.2 Å². The maximum atomic E-state index is 2.63. The SMILES string of the molecule is CC(C)(C)c1ccc(B2c3ccc4cccc5c4c3N3c4c-5cccc4-c4cccc5ccc2c3c45)cc1. The van der Waals surface area contributed by atoms with Gasteiger partial charge in [-0.05, 0) is 43.8 Å². The Morgan fingerprint density at radius 2 is 1.00 bits per heavy atom. The minimum Gasteiger partial charge on any atom is -0.309 e. The van der Waals surface area contributed by atoms with Gasteiger partial charge in [0.2, 0.25) is 6.71 Å². The van der Waals surface area contributed by atoms with E-state index in [1.807, 2.05) is 0 Å². The first-order valence-corrected chi connectivity index (χ1v) is 13.7. The number of hydrogen-bond acceptors (Lipinski definition) is 1. The van der Waals surface area contributed by atoms with Crippen LogP contribution < -0.4 is 21.3 Å². The lowest BCUT2D eigenvalue weighted by Gasteiger charge is -2.45. The fourth-order valence-corrected chi connectivity index (χ4v) is 7.41. The highest BCUT2D eigenvalue weighted by atomic mass is 15.2. The van der Waals surface area contributed by atoms with E-state index in [1.54, 1.807) is 0 Å². The summed E-state index contributed by atoms with van der Waals surface area (Å²) in [5, 5.41) is 5.39. The summed E-state index contributed by atoms with van der Waals surface area (Å²) >= 11 is 0. The van der Waals surface area contributed by atoms with E-state index >= 15 is 0 Å². The van der Waals surface area contributed by atoms with Gasteiger partial charge in [0, 0.05) is 33.3 Å². The molecular weight excluding hydrogens is 457 g/mol. The van der Waals surface area contributed by atoms with E-state index in [0.717, 1.165) is 0 Å². The van der Waals surface area contributed by atoms with Gasteiger partial charge >= 0.3 is 0 Å². The molecule has 0 aromatic heterocycles. The van der Waals surface area contributed by atoms with Gasteiger partial charge < -0.3 is 4.90 Å². The van der Waals surface area contributed by atoms with Gasteiger partial charge in [-0.1, -0.05) is 129 Å². The minimum atomic E-state index is 0.135. The molecule has 178 valence electrons. The zero-order valence-electron chi connectivity index (χ0n) is 21.8. The maximum absolute atomic E-state index is 2.63. The Morgan fingerprint density at radius 3 is 1.53 bits per heavy atom. The Labute approximate surface area is 223 Å². The van der Waals surface area contributed by atoms with Gasteiger partial charge in [0.1, 0.15) is 0 Å². The van der Waals surface area contributed by atoms with Crippen molar-refractivity contribution >= 4 is 61.7 Å². The molecule has 6 aromatic carbocycles. The number of nitrogens with zero attached hydrogens (tertiary/aromatic N) is 1. The summed E-state index contributed by atoms with van der Waals surface area (Å²) < 4.78 is 0. The molecule has 3 heterocycles. The third-order valence-electron chi connectivity index (χ3n) is 9.12. The Balaban J connectivity index is 1.47. The molecule has 1 nitrogen and oxygen atoms in total. The van der Waals surface area contributed by atoms with Crippen LogP contribution in [0.3, 0.4) is 0 Å². The topological polar surface area (TPSA) is 3.24 Å². The average Bonchev–Trinajstić information content (AvgIpc) is 2.94. The van der Waals surface area contributed by atoms with E-state index in [1.165, 1.54) is 82.8 Å². The van der Waals surface area contributed by atoms with E-state index in [4.69, 9.17) is 0 Å². The van der Waals surface area contributed by atoms with E-state index < -0.39 is 0 Å². The van der Waals surface area contributed by atoms with Crippen LogP contribution >= 0.6 is 0 Å². The molecule has 0 bridgehead atoms. The van der Waals surface area contributed by atoms with Crippen molar-refractivity contribution in [3.05, 3.63) is 109 Å². The molecule has 3 aliphatic heterocycles. The molecule has 0 saturated carbocycles. The van der Waals surface area contributed by atoms with Crippen LogP contribution in [0, 0.1) is 0 Å². The van der Waals surface area contributed by atoms with Crippen molar-refractivity contribution in [1.82, 2.24) is 0 Å². The number of rotatable bonds is 1. The standard InChI is InChI=1S/C36H26BN/c1-36(2,3)23-15-17-24(18-16-23)37-29-19-13-21-7-4-9-25-27-11-6-12-28-26-10-5-8-22-14-20-30(37)35(32(22)26)38(33(27)28)34(29)31(21)25/h4-20H,1-3H3. The van der Waals surface area contributed by atoms with Crippen LogP contribution in [0.25, 0.3) is 43.8 Å². The molecular formula is C36H26BN. The highest BCUT2D eigenvalue weighted by Crippen LogP contribution is 2.59. The lowest BCUT2D eigenvalue weighted by molar-refractivity contribution is 0.590. The first kappa shape index (κ1) is 20.7. The Bertz CT molecular complexity index is 1900. The van der Waals surface area contributed by atoms with E-state index in [0.29, 0.717) is 0 Å². The normalized spacial score (nSPS) is 14.1. The first-order valence-electron chi connectivity index (χ1n) is 13.7. The summed E-state index contributed by atoms with van der Waals surface area (Å²) in [5.74, 6) is 0. The first-order chi connectivity index (χ1) is 18.5. The fourth-order valence-electron chi connectivity index (χ4n) is 7.41. The summed E-state index contributed by atoms with van der Waals surface area (Å²) in [6, 6.07) is 39.4. The zero-order valence-corrected chi connectivity index (χ0v) is 21.8. The molecule has 0 amide bonds. The maximum Gasteiger partial charge on any atom is 0.246 e. The second kappa shape index (κ2) is 6.77. The predicted octanol–water partition coefficient (Wildman–Crippen LogP) is 7.55. The van der Waals surface area contributed by atoms with Crippen LogP contribution in [0.1, 0.15) is 26.3 Å². The molecule has 3 aliphatic rings. The van der Waals surface area contributed by atoms with E-state index in [-0.39, 0.29) is 12.1 Å². The van der Waals surface area contributed by atoms with Crippen LogP contribution in [0.5, 0.6) is 0 Å². The Hall–Kier alpha value is -4.30. The Kier molecular flexibility index (Phi) is 3.69. The monoisotopic (exact) mass is 483 g/mol. The summed E-state index contributed by atoms with van der Waals surface area (Å²) in [7, 11) is 0. The number of fused-ring (bicyclic) bond motifs is 2. The van der Waals surface area contributed by atoms with Crippen LogP contribution in [0.4, 0.5) is 17.1 Å². The molecule has 0 saturated heterocycles. The van der Waals surface area contributed by atoms with Crippen molar-refractivity contribution in [3.63, 3.8) is 0 Å². The molecule has 9 rings (SSSR count). The quantitative estimate of drug-likeness (QED) is 0.218. The van der Waals surface area contributed by atoms with Crippen LogP contribution in [0.15, 0.2) is 103 Å². The van der Waals surface area contributed by atoms with Crippen molar-refractivity contribution in [1.29, 1.82) is 0 Å². The van der Waals surface area contributed by atoms with Gasteiger partial charge in [-0.25, -0.2) is 0 Å². The summed E-state index contributed by atoms with van der Waals surface area (Å²) in [5.41, 5.74) is 15.1. The lowest BCUT2D eigenvalue weighted by atomic mass is 9.34. The molecule has 0 aliphatic carbocycles. The second-order valence-corrected chi connectivity index (χ2v) is 12.2. The van der Waals surface area contributed by atoms with Crippen LogP contribution in [-0.2, 0) is 5.41 Å². The summed E-state index contributed by atoms with van der Waals surface area (Å²) in [6.45, 7) is 7.06. The smallest absolute Gasteiger partial charge is 0.246 e. The fraction of sp³-hybridized carbons (Fsp3) is 0.111. The number of para-hydroxylation sites is 1. The number of hydrogen-bond donors (Lipinski definition) is 0. The van der Waals surface area contributed by atoms with Crippen LogP contribution in [0.2, 0.25) is 0 Å². The van der Waals surface area contributed by atoms with E-state index in [2.05, 4.69) is 129 Å². The largest absolute Gasteiger partial charge is 0.309 e. The average molecular weight is 483 g/mol. The molecule has 0 radical (unpaired) electrons. The van der Waals surface area contributed by atoms with Crippen LogP contribution in [-0.4, -0.2) is 6.71 Å². The van der Waals surface area contributed by atoms with E-state index in [9.17, 15) is 0 Å². The molecule has 0 unspecified atom stereocenters. The van der Waals surface area contributed by atoms with Crippen molar-refractivity contribution < 1.29 is 0 Å². The van der Waals surface area contributed by atoms with Gasteiger partial charge in [-0.15, -0.1) is 0 Å². The van der Waals surface area contributed by atoms with Gasteiger partial charge in [-0.3, -0.25) is 0 Å². The third kappa shape index (κ3) is 2.40. The number of anilines is 3. The second-order valence-electron chi connectivity index (χ2n) is 12.2. The van der Waals surface area contributed by atoms with Crippen molar-refractivity contribution in [3.8, 4) is 22.3 Å². The number of benzene rings is 6. The predicted molar refractivity (Wildman–Crippen MR) is 164 cm³/mol. The Morgan fingerprint density at radius 1 is 0.500 bits per heavy atom. The minimum absolute atomic E-state index is 0.135. The lowest BCUT2D eigenvalue weighted by Crippen LogP contribution is -2.58. The molecule has 6 aromatic rings. The van der Waals surface area contributed by atoms with Gasteiger partial charge in [-0.2, -0.15) is 0 Å². The van der Waals surface area contributed by atoms with Gasteiger partial charge in [0.25, 0.3) is 0 Å². The molecule has 0 atom stereocenters. The highest BCUT2D eigenvalue weighted by Gasteiger charge is 2.43. The van der Waals surface area contributed by atoms with Crippen molar-refractivity contribution in [2.75, 3.05) is 4.90 Å². The molecule has 0 N–H and O–H groups in total. The third-order valence-corrected chi connectivity index (χ3v) is 9.12. The van der Waals surface area contributed by atoms with Gasteiger partial charge in [0.05, 0.1) is 5.69 Å². The highest BCUT2D eigenvalue weighted by molar-refractivity contribution is 6.98. The zero-order chi connectivity index (χ0) is 25.3. The molecule has 0 fully saturated rings. The van der Waals surface area contributed by atoms with Gasteiger partial charge in [0.15, 0.2) is 0 Å². The molecule has 38 heavy (non-hydrogen) atoms.